The van der Waals surface area contributed by atoms with Crippen LogP contribution in [0.25, 0.3) is 0 Å². The van der Waals surface area contributed by atoms with E-state index in [0.29, 0.717) is 16.5 Å². The summed E-state index contributed by atoms with van der Waals surface area (Å²) in [4.78, 5) is 27.6. The topological polar surface area (TPSA) is 91.8 Å². The van der Waals surface area contributed by atoms with Crippen molar-refractivity contribution >= 4 is 44.9 Å². The van der Waals surface area contributed by atoms with Gasteiger partial charge in [0, 0.05) is 28.3 Å². The lowest BCUT2D eigenvalue weighted by molar-refractivity contribution is -0.160. The number of amides is 1. The molecule has 0 aliphatic carbocycles. The van der Waals surface area contributed by atoms with Gasteiger partial charge in [-0.2, -0.15) is 0 Å². The monoisotopic (exact) mass is 539 g/mol. The third-order valence-corrected chi connectivity index (χ3v) is 9.28. The smallest absolute Gasteiger partial charge is 0.304 e. The van der Waals surface area contributed by atoms with Gasteiger partial charge in [0.2, 0.25) is 5.91 Å². The minimum atomic E-state index is -3.50. The number of hydrogen-bond acceptors (Lipinski definition) is 4. The number of aliphatic carboxylic acids is 1. The third kappa shape index (κ3) is 5.84. The molecular weight excluding hydrogens is 509 g/mol. The zero-order valence-corrected chi connectivity index (χ0v) is 22.6. The fourth-order valence-corrected chi connectivity index (χ4v) is 6.50. The molecule has 190 valence electrons. The molecule has 35 heavy (non-hydrogen) atoms. The van der Waals surface area contributed by atoms with Crippen LogP contribution in [0.4, 0.5) is 0 Å². The van der Waals surface area contributed by atoms with E-state index >= 15 is 0 Å². The second-order valence-electron chi connectivity index (χ2n) is 9.72. The Morgan fingerprint density at radius 1 is 1.14 bits per heavy atom. The zero-order valence-electron chi connectivity index (χ0n) is 20.2. The number of halogens is 2. The molecule has 1 N–H and O–H groups in total. The summed E-state index contributed by atoms with van der Waals surface area (Å²) in [6.45, 7) is 5.10. The number of rotatable bonds is 8. The number of carbonyl (C=O) groups is 2. The molecule has 1 heterocycles. The van der Waals surface area contributed by atoms with Crippen molar-refractivity contribution in [3.63, 3.8) is 0 Å². The molecule has 0 aromatic heterocycles. The molecule has 5 atom stereocenters. The van der Waals surface area contributed by atoms with Crippen LogP contribution in [0, 0.1) is 5.41 Å². The highest BCUT2D eigenvalue weighted by Gasteiger charge is 2.53. The second kappa shape index (κ2) is 10.5. The molecule has 2 aromatic rings. The Morgan fingerprint density at radius 3 is 2.29 bits per heavy atom. The van der Waals surface area contributed by atoms with Crippen LogP contribution < -0.4 is 0 Å². The molecule has 9 heteroatoms. The Bertz CT molecular complexity index is 1200. The van der Waals surface area contributed by atoms with E-state index < -0.39 is 38.6 Å². The number of piperidine rings is 1. The number of hydrogen-bond donors (Lipinski definition) is 1. The third-order valence-electron chi connectivity index (χ3n) is 7.12. The fraction of sp³-hybridized carbons (Fsp3) is 0.462. The van der Waals surface area contributed by atoms with Crippen LogP contribution in [0.3, 0.4) is 0 Å². The Morgan fingerprint density at radius 2 is 1.77 bits per heavy atom. The molecule has 6 nitrogen and oxygen atoms in total. The summed E-state index contributed by atoms with van der Waals surface area (Å²) < 4.78 is 25.3. The summed E-state index contributed by atoms with van der Waals surface area (Å²) in [5.74, 6) is -1.77. The van der Waals surface area contributed by atoms with Crippen LogP contribution >= 0.6 is 23.2 Å². The maximum absolute atomic E-state index is 14.1. The lowest BCUT2D eigenvalue weighted by Gasteiger charge is -2.52. The van der Waals surface area contributed by atoms with E-state index in [1.807, 2.05) is 37.3 Å². The van der Waals surface area contributed by atoms with Crippen LogP contribution in [0.5, 0.6) is 0 Å². The minimum Gasteiger partial charge on any atom is -0.481 e. The normalized spacial score (nSPS) is 24.7. The molecule has 1 aliphatic rings. The fourth-order valence-electron chi connectivity index (χ4n) is 5.28. The van der Waals surface area contributed by atoms with Gasteiger partial charge in [0.05, 0.1) is 23.1 Å². The van der Waals surface area contributed by atoms with Gasteiger partial charge in [0.25, 0.3) is 0 Å². The number of sulfone groups is 1. The van der Waals surface area contributed by atoms with E-state index in [2.05, 4.69) is 0 Å². The second-order valence-corrected chi connectivity index (χ2v) is 13.0. The predicted octanol–water partition coefficient (Wildman–Crippen LogP) is 5.74. The molecule has 3 rings (SSSR count). The summed E-state index contributed by atoms with van der Waals surface area (Å²) in [5.41, 5.74) is 0.421. The highest BCUT2D eigenvalue weighted by Crippen LogP contribution is 2.52. The number of likely N-dealkylation sites (tertiary alicyclic amines) is 1. The summed E-state index contributed by atoms with van der Waals surface area (Å²) >= 11 is 12.5. The van der Waals surface area contributed by atoms with Crippen LogP contribution in [0.15, 0.2) is 48.5 Å². The average molecular weight is 541 g/mol. The molecule has 0 radical (unpaired) electrons. The van der Waals surface area contributed by atoms with Crippen molar-refractivity contribution < 1.29 is 23.1 Å². The highest BCUT2D eigenvalue weighted by atomic mass is 35.5. The van der Waals surface area contributed by atoms with Gasteiger partial charge < -0.3 is 10.0 Å². The first-order valence-electron chi connectivity index (χ1n) is 11.5. The van der Waals surface area contributed by atoms with Gasteiger partial charge in [0.1, 0.15) is 0 Å². The van der Waals surface area contributed by atoms with Crippen LogP contribution in [-0.4, -0.2) is 47.8 Å². The first-order valence-corrected chi connectivity index (χ1v) is 14.2. The summed E-state index contributed by atoms with van der Waals surface area (Å²) in [7, 11) is -3.50. The van der Waals surface area contributed by atoms with E-state index in [-0.39, 0.29) is 24.7 Å². The maximum Gasteiger partial charge on any atom is 0.304 e. The molecule has 2 aromatic carbocycles. The van der Waals surface area contributed by atoms with Crippen LogP contribution in [0.2, 0.25) is 10.0 Å². The van der Waals surface area contributed by atoms with Crippen LogP contribution in [-0.2, 0) is 19.4 Å². The summed E-state index contributed by atoms with van der Waals surface area (Å²) in [6, 6.07) is 13.3. The SMILES string of the molecule is CC[C@@H]([C@H](C)S(C)(=O)=O)N1C(=O)[C@@](C)(CC(=O)O)C[C@H](c2cccc(Cl)c2)[C@H]1c1ccc(Cl)cc1. The van der Waals surface area contributed by atoms with E-state index in [1.165, 1.54) is 0 Å². The Kier molecular flexibility index (Phi) is 8.24. The van der Waals surface area contributed by atoms with Gasteiger partial charge >= 0.3 is 5.97 Å². The van der Waals surface area contributed by atoms with Crippen molar-refractivity contribution in [1.29, 1.82) is 0 Å². The standard InChI is InChI=1S/C26H31Cl2NO5S/c1-5-22(16(2)35(4,33)34)29-24(17-9-11-19(27)12-10-17)21(18-7-6-8-20(28)13-18)14-26(3,25(29)32)15-23(30)31/h6-13,16,21-22,24H,5,14-15H2,1-4H3,(H,30,31)/t16-,21+,22-,24+,26+/m0/s1. The lowest BCUT2D eigenvalue weighted by atomic mass is 9.67. The number of benzene rings is 2. The van der Waals surface area contributed by atoms with Crippen LogP contribution in [0.1, 0.15) is 63.1 Å². The molecule has 1 saturated heterocycles. The molecule has 0 spiro atoms. The van der Waals surface area contributed by atoms with E-state index in [4.69, 9.17) is 23.2 Å². The molecule has 1 fully saturated rings. The van der Waals surface area contributed by atoms with Gasteiger partial charge in [-0.3, -0.25) is 9.59 Å². The maximum atomic E-state index is 14.1. The quantitative estimate of drug-likeness (QED) is 0.461. The van der Waals surface area contributed by atoms with Gasteiger partial charge in [-0.05, 0) is 55.2 Å². The Hall–Kier alpha value is -2.09. The molecular formula is C26H31Cl2NO5S. The summed E-state index contributed by atoms with van der Waals surface area (Å²) in [5, 5.41) is 9.89. The van der Waals surface area contributed by atoms with E-state index in [1.54, 1.807) is 36.9 Å². The van der Waals surface area contributed by atoms with Gasteiger partial charge in [0.15, 0.2) is 9.84 Å². The summed E-state index contributed by atoms with van der Waals surface area (Å²) in [6.07, 6.45) is 1.45. The first-order chi connectivity index (χ1) is 16.3. The molecule has 1 aliphatic heterocycles. The number of carbonyl (C=O) groups excluding carboxylic acids is 1. The largest absolute Gasteiger partial charge is 0.481 e. The molecule has 0 bridgehead atoms. The molecule has 1 amide bonds. The highest BCUT2D eigenvalue weighted by molar-refractivity contribution is 7.91. The minimum absolute atomic E-state index is 0.270. The molecule has 0 unspecified atom stereocenters. The van der Waals surface area contributed by atoms with E-state index in [0.717, 1.165) is 17.4 Å². The van der Waals surface area contributed by atoms with E-state index in [9.17, 15) is 23.1 Å². The average Bonchev–Trinajstić information content (AvgIpc) is 2.76. The molecule has 0 saturated carbocycles. The van der Waals surface area contributed by atoms with Crippen molar-refractivity contribution in [1.82, 2.24) is 4.90 Å². The first kappa shape index (κ1) is 27.5. The van der Waals surface area contributed by atoms with Gasteiger partial charge in [-0.25, -0.2) is 8.42 Å². The number of carboxylic acid groups (broad SMARTS) is 1. The Labute approximate surface area is 217 Å². The van der Waals surface area contributed by atoms with Crippen molar-refractivity contribution in [3.05, 3.63) is 69.7 Å². The van der Waals surface area contributed by atoms with Crippen molar-refractivity contribution in [2.24, 2.45) is 5.41 Å². The number of nitrogens with zero attached hydrogens (tertiary/aromatic N) is 1. The van der Waals surface area contributed by atoms with Gasteiger partial charge in [-0.1, -0.05) is 61.3 Å². The zero-order chi connectivity index (χ0) is 26.1. The predicted molar refractivity (Wildman–Crippen MR) is 139 cm³/mol. The Balaban J connectivity index is 2.30. The van der Waals surface area contributed by atoms with Crippen molar-refractivity contribution in [3.8, 4) is 0 Å². The lowest BCUT2D eigenvalue weighted by Crippen LogP contribution is -2.59. The van der Waals surface area contributed by atoms with Gasteiger partial charge in [-0.15, -0.1) is 0 Å². The van der Waals surface area contributed by atoms with Crippen molar-refractivity contribution in [2.45, 2.75) is 63.3 Å². The van der Waals surface area contributed by atoms with Crippen molar-refractivity contribution in [2.75, 3.05) is 6.26 Å². The number of carboxylic acids is 1.